The smallest absolute Gasteiger partial charge is 0.199 e. The average Bonchev–Trinajstić information content (AvgIpc) is 2.09. The SMILES string of the molecule is Cc1cc(C)c(N(C(=N)N)C(N)=S)c(C)c1. The van der Waals surface area contributed by atoms with E-state index in [0.29, 0.717) is 0 Å². The molecule has 0 amide bonds. The number of hydrogen-bond acceptors (Lipinski definition) is 2. The van der Waals surface area contributed by atoms with Gasteiger partial charge in [0.25, 0.3) is 0 Å². The monoisotopic (exact) mass is 236 g/mol. The fourth-order valence-corrected chi connectivity index (χ4v) is 2.06. The Morgan fingerprint density at radius 1 is 1.19 bits per heavy atom. The highest BCUT2D eigenvalue weighted by Gasteiger charge is 2.17. The van der Waals surface area contributed by atoms with Gasteiger partial charge in [0, 0.05) is 0 Å². The number of thiocarbonyl (C=S) groups is 1. The molecule has 0 aliphatic rings. The zero-order chi connectivity index (χ0) is 12.5. The standard InChI is InChI=1S/C11H16N4S/c1-6-4-7(2)9(8(3)5-6)15(10(12)13)11(14)16/h4-5H,1-3H3,(H3,12,13)(H2,14,16). The van der Waals surface area contributed by atoms with Gasteiger partial charge in [-0.1, -0.05) is 17.7 Å². The van der Waals surface area contributed by atoms with Gasteiger partial charge >= 0.3 is 0 Å². The predicted octanol–water partition coefficient (Wildman–Crippen LogP) is 1.56. The molecule has 0 aromatic heterocycles. The van der Waals surface area contributed by atoms with Gasteiger partial charge in [0.2, 0.25) is 0 Å². The first-order valence-corrected chi connectivity index (χ1v) is 5.27. The molecule has 0 bridgehead atoms. The maximum Gasteiger partial charge on any atom is 0.199 e. The molecule has 5 N–H and O–H groups in total. The maximum absolute atomic E-state index is 7.50. The molecule has 0 aliphatic carbocycles. The van der Waals surface area contributed by atoms with E-state index in [4.69, 9.17) is 29.1 Å². The summed E-state index contributed by atoms with van der Waals surface area (Å²) in [5.41, 5.74) is 15.0. The molecule has 1 aromatic rings. The lowest BCUT2D eigenvalue weighted by Gasteiger charge is -2.24. The van der Waals surface area contributed by atoms with Crippen molar-refractivity contribution >= 4 is 29.0 Å². The normalized spacial score (nSPS) is 9.94. The van der Waals surface area contributed by atoms with E-state index in [2.05, 4.69) is 0 Å². The second kappa shape index (κ2) is 4.49. The van der Waals surface area contributed by atoms with Crippen molar-refractivity contribution in [1.82, 2.24) is 0 Å². The number of guanidine groups is 1. The van der Waals surface area contributed by atoms with Crippen LogP contribution in [0, 0.1) is 26.2 Å². The molecule has 16 heavy (non-hydrogen) atoms. The maximum atomic E-state index is 7.50. The van der Waals surface area contributed by atoms with Crippen molar-refractivity contribution in [3.63, 3.8) is 0 Å². The van der Waals surface area contributed by atoms with Crippen LogP contribution in [0.3, 0.4) is 0 Å². The first kappa shape index (κ1) is 12.4. The Hall–Kier alpha value is -1.62. The molecule has 0 unspecified atom stereocenters. The third-order valence-corrected chi connectivity index (χ3v) is 2.50. The molecule has 0 saturated heterocycles. The zero-order valence-electron chi connectivity index (χ0n) is 9.66. The second-order valence-electron chi connectivity index (χ2n) is 3.81. The largest absolute Gasteiger partial charge is 0.376 e. The number of rotatable bonds is 1. The van der Waals surface area contributed by atoms with Crippen LogP contribution in [-0.4, -0.2) is 11.1 Å². The minimum absolute atomic E-state index is 0.0857. The van der Waals surface area contributed by atoms with Crippen LogP contribution in [0.5, 0.6) is 0 Å². The van der Waals surface area contributed by atoms with Crippen LogP contribution in [0.2, 0.25) is 0 Å². The summed E-state index contributed by atoms with van der Waals surface area (Å²) in [4.78, 5) is 1.37. The Kier molecular flexibility index (Phi) is 3.49. The van der Waals surface area contributed by atoms with Crippen LogP contribution in [0.4, 0.5) is 5.69 Å². The predicted molar refractivity (Wildman–Crippen MR) is 71.8 cm³/mol. The Morgan fingerprint density at radius 2 is 1.62 bits per heavy atom. The lowest BCUT2D eigenvalue weighted by atomic mass is 10.0. The molecule has 0 spiro atoms. The molecule has 0 radical (unpaired) electrons. The third-order valence-electron chi connectivity index (χ3n) is 2.32. The first-order valence-electron chi connectivity index (χ1n) is 4.86. The number of nitrogens with one attached hydrogen (secondary N) is 1. The van der Waals surface area contributed by atoms with Gasteiger partial charge in [-0.25, -0.2) is 0 Å². The van der Waals surface area contributed by atoms with E-state index < -0.39 is 0 Å². The summed E-state index contributed by atoms with van der Waals surface area (Å²) < 4.78 is 0. The number of benzene rings is 1. The minimum atomic E-state index is -0.164. The summed E-state index contributed by atoms with van der Waals surface area (Å²) in [5.74, 6) is -0.164. The molecular formula is C11H16N4S. The van der Waals surface area contributed by atoms with Crippen LogP contribution in [0.1, 0.15) is 16.7 Å². The van der Waals surface area contributed by atoms with Crippen molar-refractivity contribution < 1.29 is 0 Å². The molecule has 5 heteroatoms. The highest BCUT2D eigenvalue weighted by atomic mass is 32.1. The first-order chi connectivity index (χ1) is 7.34. The molecular weight excluding hydrogens is 220 g/mol. The van der Waals surface area contributed by atoms with Gasteiger partial charge in [0.15, 0.2) is 11.1 Å². The highest BCUT2D eigenvalue weighted by molar-refractivity contribution is 7.80. The number of nitrogens with two attached hydrogens (primary N) is 2. The summed E-state index contributed by atoms with van der Waals surface area (Å²) in [7, 11) is 0. The van der Waals surface area contributed by atoms with E-state index in [0.717, 1.165) is 22.4 Å². The number of anilines is 1. The van der Waals surface area contributed by atoms with Gasteiger partial charge in [0.05, 0.1) is 5.69 Å². The molecule has 0 heterocycles. The van der Waals surface area contributed by atoms with Crippen molar-refractivity contribution in [1.29, 1.82) is 5.41 Å². The molecule has 0 aliphatic heterocycles. The Labute approximate surface area is 101 Å². The molecule has 86 valence electrons. The van der Waals surface area contributed by atoms with Gasteiger partial charge in [-0.3, -0.25) is 10.3 Å². The second-order valence-corrected chi connectivity index (χ2v) is 4.22. The summed E-state index contributed by atoms with van der Waals surface area (Å²) >= 11 is 4.91. The molecule has 4 nitrogen and oxygen atoms in total. The van der Waals surface area contributed by atoms with E-state index in [9.17, 15) is 0 Å². The summed E-state index contributed by atoms with van der Waals surface area (Å²) in [5, 5.41) is 7.59. The van der Waals surface area contributed by atoms with Crippen molar-refractivity contribution in [2.75, 3.05) is 4.90 Å². The molecule has 1 rings (SSSR count). The summed E-state index contributed by atoms with van der Waals surface area (Å²) in [6, 6.07) is 4.02. The van der Waals surface area contributed by atoms with Crippen LogP contribution in [0.25, 0.3) is 0 Å². The lowest BCUT2D eigenvalue weighted by molar-refractivity contribution is 1.22. The van der Waals surface area contributed by atoms with Crippen molar-refractivity contribution in [2.45, 2.75) is 20.8 Å². The fraction of sp³-hybridized carbons (Fsp3) is 0.273. The van der Waals surface area contributed by atoms with Crippen molar-refractivity contribution in [3.8, 4) is 0 Å². The van der Waals surface area contributed by atoms with Gasteiger partial charge in [-0.05, 0) is 44.1 Å². The molecule has 1 aromatic carbocycles. The number of nitrogens with zero attached hydrogens (tertiary/aromatic N) is 1. The van der Waals surface area contributed by atoms with Gasteiger partial charge < -0.3 is 11.5 Å². The van der Waals surface area contributed by atoms with Crippen molar-refractivity contribution in [3.05, 3.63) is 28.8 Å². The Bertz CT molecular complexity index is 416. The molecule has 0 saturated carbocycles. The number of aryl methyl sites for hydroxylation is 3. The Balaban J connectivity index is 3.41. The highest BCUT2D eigenvalue weighted by Crippen LogP contribution is 2.25. The molecule has 0 atom stereocenters. The lowest BCUT2D eigenvalue weighted by Crippen LogP contribution is -2.45. The summed E-state index contributed by atoms with van der Waals surface area (Å²) in [6.07, 6.45) is 0. The van der Waals surface area contributed by atoms with Crippen LogP contribution < -0.4 is 16.4 Å². The fourth-order valence-electron chi connectivity index (χ4n) is 1.87. The van der Waals surface area contributed by atoms with Crippen molar-refractivity contribution in [2.24, 2.45) is 11.5 Å². The zero-order valence-corrected chi connectivity index (χ0v) is 10.5. The third kappa shape index (κ3) is 2.30. The van der Waals surface area contributed by atoms with E-state index in [1.807, 2.05) is 32.9 Å². The van der Waals surface area contributed by atoms with Crippen LogP contribution in [0.15, 0.2) is 12.1 Å². The van der Waals surface area contributed by atoms with E-state index in [1.54, 1.807) is 0 Å². The average molecular weight is 236 g/mol. The molecule has 0 fully saturated rings. The van der Waals surface area contributed by atoms with E-state index in [-0.39, 0.29) is 11.1 Å². The Morgan fingerprint density at radius 3 is 1.94 bits per heavy atom. The topological polar surface area (TPSA) is 79.1 Å². The minimum Gasteiger partial charge on any atom is -0.376 e. The van der Waals surface area contributed by atoms with Crippen LogP contribution in [-0.2, 0) is 0 Å². The quantitative estimate of drug-likeness (QED) is 0.393. The van der Waals surface area contributed by atoms with Crippen LogP contribution >= 0.6 is 12.2 Å². The van der Waals surface area contributed by atoms with Gasteiger partial charge in [-0.2, -0.15) is 0 Å². The van der Waals surface area contributed by atoms with Gasteiger partial charge in [-0.15, -0.1) is 0 Å². The van der Waals surface area contributed by atoms with E-state index in [1.165, 1.54) is 4.90 Å². The number of hydrogen-bond donors (Lipinski definition) is 3. The summed E-state index contributed by atoms with van der Waals surface area (Å²) in [6.45, 7) is 5.91. The van der Waals surface area contributed by atoms with Gasteiger partial charge in [0.1, 0.15) is 0 Å². The van der Waals surface area contributed by atoms with E-state index >= 15 is 0 Å².